The molecule has 0 radical (unpaired) electrons. The predicted octanol–water partition coefficient (Wildman–Crippen LogP) is 2.09. The highest BCUT2D eigenvalue weighted by Gasteiger charge is 2.26. The lowest BCUT2D eigenvalue weighted by atomic mass is 10.2. The Morgan fingerprint density at radius 2 is 1.73 bits per heavy atom. The number of hydrogen-bond donors (Lipinski definition) is 0. The summed E-state index contributed by atoms with van der Waals surface area (Å²) in [5.41, 5.74) is 2.53. The van der Waals surface area contributed by atoms with Crippen LogP contribution in [0.2, 0.25) is 0 Å². The zero-order chi connectivity index (χ0) is 20.7. The second kappa shape index (κ2) is 7.42. The van der Waals surface area contributed by atoms with E-state index in [0.717, 1.165) is 18.7 Å². The molecule has 0 N–H and O–H groups in total. The summed E-state index contributed by atoms with van der Waals surface area (Å²) in [5, 5.41) is 0.465. The van der Waals surface area contributed by atoms with Crippen LogP contribution in [-0.2, 0) is 6.54 Å². The van der Waals surface area contributed by atoms with Crippen molar-refractivity contribution in [3.05, 3.63) is 82.4 Å². The van der Waals surface area contributed by atoms with E-state index < -0.39 is 0 Å². The van der Waals surface area contributed by atoms with Crippen molar-refractivity contribution in [2.75, 3.05) is 33.2 Å². The monoisotopic (exact) mass is 401 g/mol. The van der Waals surface area contributed by atoms with Gasteiger partial charge in [0, 0.05) is 38.9 Å². The van der Waals surface area contributed by atoms with Crippen LogP contribution in [0.1, 0.15) is 16.1 Å². The highest BCUT2D eigenvalue weighted by atomic mass is 16.2. The molecule has 152 valence electrons. The van der Waals surface area contributed by atoms with Gasteiger partial charge in [0.2, 0.25) is 0 Å². The van der Waals surface area contributed by atoms with Crippen molar-refractivity contribution in [2.45, 2.75) is 6.54 Å². The molecule has 0 saturated carbocycles. The normalized spacial score (nSPS) is 15.2. The molecule has 0 atom stereocenters. The first-order valence-corrected chi connectivity index (χ1v) is 10.1. The minimum absolute atomic E-state index is 0.0505. The second-order valence-electron chi connectivity index (χ2n) is 7.78. The molecule has 1 amide bonds. The fraction of sp³-hybridized carbons (Fsp3) is 0.261. The van der Waals surface area contributed by atoms with E-state index >= 15 is 0 Å². The number of aromatic nitrogens is 3. The summed E-state index contributed by atoms with van der Waals surface area (Å²) in [6, 6.07) is 17.1. The Balaban J connectivity index is 1.69. The van der Waals surface area contributed by atoms with E-state index in [2.05, 4.69) is 11.9 Å². The van der Waals surface area contributed by atoms with Crippen LogP contribution < -0.4 is 5.56 Å². The van der Waals surface area contributed by atoms with Gasteiger partial charge in [-0.15, -0.1) is 0 Å². The fourth-order valence-electron chi connectivity index (χ4n) is 4.03. The molecule has 1 aromatic carbocycles. The van der Waals surface area contributed by atoms with Gasteiger partial charge in [-0.2, -0.15) is 0 Å². The van der Waals surface area contributed by atoms with E-state index in [4.69, 9.17) is 4.98 Å². The quantitative estimate of drug-likeness (QED) is 0.527. The van der Waals surface area contributed by atoms with Crippen molar-refractivity contribution in [3.8, 4) is 0 Å². The van der Waals surface area contributed by atoms with Gasteiger partial charge in [-0.05, 0) is 30.8 Å². The van der Waals surface area contributed by atoms with Gasteiger partial charge < -0.3 is 14.4 Å². The lowest BCUT2D eigenvalue weighted by Crippen LogP contribution is -2.47. The third-order valence-corrected chi connectivity index (χ3v) is 5.77. The molecular formula is C23H23N5O2. The number of carbonyl (C=O) groups is 1. The van der Waals surface area contributed by atoms with Crippen molar-refractivity contribution in [1.82, 2.24) is 23.8 Å². The molecule has 7 nitrogen and oxygen atoms in total. The topological polar surface area (TPSA) is 62.9 Å². The number of amides is 1. The van der Waals surface area contributed by atoms with E-state index in [1.165, 1.54) is 4.40 Å². The highest BCUT2D eigenvalue weighted by molar-refractivity contribution is 5.98. The molecule has 0 bridgehead atoms. The molecule has 4 heterocycles. The molecule has 0 aliphatic carbocycles. The van der Waals surface area contributed by atoms with Gasteiger partial charge in [0.25, 0.3) is 11.5 Å². The number of carbonyl (C=O) groups excluding carboxylic acids is 1. The van der Waals surface area contributed by atoms with Crippen LogP contribution in [0.5, 0.6) is 0 Å². The van der Waals surface area contributed by atoms with Gasteiger partial charge in [-0.1, -0.05) is 36.4 Å². The van der Waals surface area contributed by atoms with Gasteiger partial charge in [0.15, 0.2) is 0 Å². The summed E-state index contributed by atoms with van der Waals surface area (Å²) in [4.78, 5) is 35.4. The maximum absolute atomic E-state index is 13.4. The molecule has 1 aliphatic rings. The third-order valence-electron chi connectivity index (χ3n) is 5.77. The molecule has 4 aromatic rings. The van der Waals surface area contributed by atoms with Crippen LogP contribution in [0.3, 0.4) is 0 Å². The number of likely N-dealkylation sites (N-methyl/N-ethyl adjacent to an activating group) is 1. The zero-order valence-corrected chi connectivity index (χ0v) is 16.9. The van der Waals surface area contributed by atoms with Crippen LogP contribution in [-0.4, -0.2) is 62.9 Å². The summed E-state index contributed by atoms with van der Waals surface area (Å²) in [6.45, 7) is 3.52. The minimum Gasteiger partial charge on any atom is -0.335 e. The zero-order valence-electron chi connectivity index (χ0n) is 16.9. The summed E-state index contributed by atoms with van der Waals surface area (Å²) in [6.07, 6.45) is 1.71. The van der Waals surface area contributed by atoms with Crippen molar-refractivity contribution in [3.63, 3.8) is 0 Å². The number of benzene rings is 1. The number of piperazine rings is 1. The average Bonchev–Trinajstić information content (AvgIpc) is 3.13. The SMILES string of the molecule is CN1CCN(C(=O)c2cc3c(=O)n4ccccc4nc3n2Cc2ccccc2)CC1. The van der Waals surface area contributed by atoms with Crippen molar-refractivity contribution < 1.29 is 4.79 Å². The van der Waals surface area contributed by atoms with Gasteiger partial charge in [-0.3, -0.25) is 14.0 Å². The Kier molecular flexibility index (Phi) is 4.59. The van der Waals surface area contributed by atoms with Crippen molar-refractivity contribution in [1.29, 1.82) is 0 Å². The lowest BCUT2D eigenvalue weighted by molar-refractivity contribution is 0.0654. The molecule has 30 heavy (non-hydrogen) atoms. The summed E-state index contributed by atoms with van der Waals surface area (Å²) in [5.74, 6) is -0.0505. The standard InChI is InChI=1S/C23H23N5O2/c1-25-11-13-26(14-12-25)23(30)19-15-18-21(28(19)16-17-7-3-2-4-8-17)24-20-9-5-6-10-27(20)22(18)29/h2-10,15H,11-14,16H2,1H3. The number of nitrogens with zero attached hydrogens (tertiary/aromatic N) is 5. The molecule has 0 unspecified atom stereocenters. The maximum Gasteiger partial charge on any atom is 0.270 e. The molecule has 1 aliphatic heterocycles. The van der Waals surface area contributed by atoms with E-state index in [-0.39, 0.29) is 11.5 Å². The van der Waals surface area contributed by atoms with Crippen LogP contribution in [0.25, 0.3) is 16.7 Å². The maximum atomic E-state index is 13.4. The van der Waals surface area contributed by atoms with E-state index in [1.54, 1.807) is 18.3 Å². The fourth-order valence-corrected chi connectivity index (χ4v) is 4.03. The molecule has 0 spiro atoms. The molecule has 3 aromatic heterocycles. The van der Waals surface area contributed by atoms with Crippen LogP contribution in [0.15, 0.2) is 65.6 Å². The largest absolute Gasteiger partial charge is 0.335 e. The molecule has 1 fully saturated rings. The smallest absolute Gasteiger partial charge is 0.270 e. The highest BCUT2D eigenvalue weighted by Crippen LogP contribution is 2.20. The van der Waals surface area contributed by atoms with Gasteiger partial charge in [0.1, 0.15) is 17.0 Å². The van der Waals surface area contributed by atoms with Gasteiger partial charge in [0.05, 0.1) is 5.39 Å². The summed E-state index contributed by atoms with van der Waals surface area (Å²) in [7, 11) is 2.06. The van der Waals surface area contributed by atoms with Gasteiger partial charge >= 0.3 is 0 Å². The number of fused-ring (bicyclic) bond motifs is 2. The van der Waals surface area contributed by atoms with Crippen LogP contribution in [0, 0.1) is 0 Å². The number of rotatable bonds is 3. The van der Waals surface area contributed by atoms with E-state index in [1.807, 2.05) is 51.9 Å². The third kappa shape index (κ3) is 3.17. The molecular weight excluding hydrogens is 378 g/mol. The van der Waals surface area contributed by atoms with Crippen LogP contribution in [0.4, 0.5) is 0 Å². The van der Waals surface area contributed by atoms with Gasteiger partial charge in [-0.25, -0.2) is 4.98 Å². The van der Waals surface area contributed by atoms with Crippen molar-refractivity contribution in [2.24, 2.45) is 0 Å². The Hall–Kier alpha value is -3.45. The first-order valence-electron chi connectivity index (χ1n) is 10.1. The Labute approximate surface area is 173 Å². The van der Waals surface area contributed by atoms with Crippen LogP contribution >= 0.6 is 0 Å². The van der Waals surface area contributed by atoms with E-state index in [0.29, 0.717) is 42.0 Å². The Morgan fingerprint density at radius 3 is 2.50 bits per heavy atom. The Bertz CT molecular complexity index is 1280. The minimum atomic E-state index is -0.158. The summed E-state index contributed by atoms with van der Waals surface area (Å²) < 4.78 is 3.42. The Morgan fingerprint density at radius 1 is 1.00 bits per heavy atom. The predicted molar refractivity (Wildman–Crippen MR) is 116 cm³/mol. The number of hydrogen-bond acceptors (Lipinski definition) is 4. The molecule has 5 rings (SSSR count). The lowest BCUT2D eigenvalue weighted by Gasteiger charge is -2.32. The first-order chi connectivity index (χ1) is 14.6. The van der Waals surface area contributed by atoms with Crippen molar-refractivity contribution >= 4 is 22.6 Å². The second-order valence-corrected chi connectivity index (χ2v) is 7.78. The summed E-state index contributed by atoms with van der Waals surface area (Å²) >= 11 is 0. The first kappa shape index (κ1) is 18.6. The molecule has 7 heteroatoms. The average molecular weight is 401 g/mol. The molecule has 1 saturated heterocycles. The number of pyridine rings is 1. The van der Waals surface area contributed by atoms with E-state index in [9.17, 15) is 9.59 Å².